The van der Waals surface area contributed by atoms with Gasteiger partial charge in [-0.2, -0.15) is 10.2 Å². The minimum atomic E-state index is -0.344. The molecule has 1 rings (SSSR count). The molecule has 0 saturated carbocycles. The molecule has 0 aliphatic rings. The van der Waals surface area contributed by atoms with Crippen LogP contribution in [0.2, 0.25) is 0 Å². The van der Waals surface area contributed by atoms with Crippen LogP contribution in [0.5, 0.6) is 0 Å². The molecule has 0 aliphatic heterocycles. The van der Waals surface area contributed by atoms with Gasteiger partial charge in [0.1, 0.15) is 0 Å². The van der Waals surface area contributed by atoms with E-state index in [4.69, 9.17) is 0 Å². The van der Waals surface area contributed by atoms with Crippen LogP contribution in [0.15, 0.2) is 34.5 Å². The largest absolute Gasteiger partial charge is 0.271 e. The highest BCUT2D eigenvalue weighted by Gasteiger charge is 2.09. The second kappa shape index (κ2) is 12.0. The van der Waals surface area contributed by atoms with E-state index in [-0.39, 0.29) is 11.8 Å². The molecule has 0 heterocycles. The van der Waals surface area contributed by atoms with Crippen LogP contribution < -0.4 is 10.9 Å². The molecule has 0 atom stereocenters. The Bertz CT molecular complexity index is 535. The molecule has 1 aromatic rings. The summed E-state index contributed by atoms with van der Waals surface area (Å²) in [6.45, 7) is 4.19. The number of hydrogen-bond donors (Lipinski definition) is 2. The number of rotatable bonds is 10. The van der Waals surface area contributed by atoms with E-state index in [1.54, 1.807) is 30.6 Å². The minimum absolute atomic E-state index is 0.344. The smallest absolute Gasteiger partial charge is 0.267 e. The molecular weight excluding hydrogens is 304 g/mol. The van der Waals surface area contributed by atoms with Gasteiger partial charge in [-0.15, -0.1) is 0 Å². The van der Waals surface area contributed by atoms with Gasteiger partial charge in [0.05, 0.1) is 0 Å². The summed E-state index contributed by atoms with van der Waals surface area (Å²) in [5, 5.41) is 7.78. The fraction of sp³-hybridized carbons (Fsp3) is 0.444. The number of nitrogens with one attached hydrogen (secondary N) is 2. The Hall–Kier alpha value is -2.50. The van der Waals surface area contributed by atoms with E-state index in [2.05, 4.69) is 34.9 Å². The number of nitrogens with zero attached hydrogens (tertiary/aromatic N) is 2. The van der Waals surface area contributed by atoms with E-state index in [0.717, 1.165) is 38.5 Å². The number of carbonyl (C=O) groups excluding carboxylic acids is 2. The van der Waals surface area contributed by atoms with Crippen molar-refractivity contribution < 1.29 is 9.59 Å². The summed E-state index contributed by atoms with van der Waals surface area (Å²) in [4.78, 5) is 24.0. The van der Waals surface area contributed by atoms with Gasteiger partial charge in [0.25, 0.3) is 11.8 Å². The summed E-state index contributed by atoms with van der Waals surface area (Å²) < 4.78 is 0. The van der Waals surface area contributed by atoms with E-state index >= 15 is 0 Å². The summed E-state index contributed by atoms with van der Waals surface area (Å²) in [6, 6.07) is 6.45. The van der Waals surface area contributed by atoms with E-state index in [1.165, 1.54) is 6.07 Å². The van der Waals surface area contributed by atoms with Crippen molar-refractivity contribution in [2.45, 2.75) is 52.4 Å². The molecule has 0 aliphatic carbocycles. The van der Waals surface area contributed by atoms with E-state index in [1.807, 2.05) is 0 Å². The molecule has 6 nitrogen and oxygen atoms in total. The molecule has 24 heavy (non-hydrogen) atoms. The van der Waals surface area contributed by atoms with Crippen LogP contribution in [0.3, 0.4) is 0 Å². The highest BCUT2D eigenvalue weighted by atomic mass is 16.2. The maximum absolute atomic E-state index is 12.0. The Kier molecular flexibility index (Phi) is 9.76. The van der Waals surface area contributed by atoms with Crippen molar-refractivity contribution in [3.63, 3.8) is 0 Å². The van der Waals surface area contributed by atoms with Gasteiger partial charge >= 0.3 is 0 Å². The van der Waals surface area contributed by atoms with Crippen molar-refractivity contribution in [3.05, 3.63) is 35.4 Å². The molecule has 0 bridgehead atoms. The Morgan fingerprint density at radius 3 is 1.79 bits per heavy atom. The number of benzene rings is 1. The van der Waals surface area contributed by atoms with Crippen molar-refractivity contribution in [2.75, 3.05) is 0 Å². The lowest BCUT2D eigenvalue weighted by Crippen LogP contribution is -2.20. The fourth-order valence-corrected chi connectivity index (χ4v) is 1.86. The van der Waals surface area contributed by atoms with Gasteiger partial charge in [-0.1, -0.05) is 32.8 Å². The average Bonchev–Trinajstić information content (AvgIpc) is 2.61. The van der Waals surface area contributed by atoms with Crippen molar-refractivity contribution >= 4 is 24.2 Å². The predicted octanol–water partition coefficient (Wildman–Crippen LogP) is 3.50. The molecule has 0 spiro atoms. The lowest BCUT2D eigenvalue weighted by atomic mass is 10.1. The molecule has 0 unspecified atom stereocenters. The second-order valence-corrected chi connectivity index (χ2v) is 5.37. The van der Waals surface area contributed by atoms with Gasteiger partial charge in [0.2, 0.25) is 0 Å². The van der Waals surface area contributed by atoms with Crippen molar-refractivity contribution in [1.82, 2.24) is 10.9 Å². The van der Waals surface area contributed by atoms with Crippen LogP contribution in [0.25, 0.3) is 0 Å². The third-order valence-corrected chi connectivity index (χ3v) is 3.28. The third-order valence-electron chi connectivity index (χ3n) is 3.28. The fourth-order valence-electron chi connectivity index (χ4n) is 1.86. The van der Waals surface area contributed by atoms with Crippen LogP contribution in [-0.2, 0) is 0 Å². The standard InChI is InChI=1S/C18H26N4O2/c1-3-5-7-12-19-21-17(23)15-10-9-11-16(14-15)18(24)22-20-13-8-6-4-2/h9-14H,3-8H2,1-2H3,(H,21,23)(H,22,24)/b19-12-,20-13-. The highest BCUT2D eigenvalue weighted by molar-refractivity contribution is 5.99. The summed E-state index contributed by atoms with van der Waals surface area (Å²) in [5.74, 6) is -0.687. The minimum Gasteiger partial charge on any atom is -0.267 e. The Morgan fingerprint density at radius 2 is 1.38 bits per heavy atom. The first-order chi connectivity index (χ1) is 11.7. The molecule has 130 valence electrons. The van der Waals surface area contributed by atoms with E-state index in [9.17, 15) is 9.59 Å². The van der Waals surface area contributed by atoms with Crippen LogP contribution in [0.4, 0.5) is 0 Å². The average molecular weight is 330 g/mol. The maximum Gasteiger partial charge on any atom is 0.271 e. The summed E-state index contributed by atoms with van der Waals surface area (Å²) in [5.41, 5.74) is 5.68. The molecule has 1 aromatic carbocycles. The van der Waals surface area contributed by atoms with Crippen molar-refractivity contribution in [2.24, 2.45) is 10.2 Å². The van der Waals surface area contributed by atoms with Gasteiger partial charge in [0.15, 0.2) is 0 Å². The van der Waals surface area contributed by atoms with Crippen LogP contribution in [0.1, 0.15) is 73.1 Å². The number of hydrazone groups is 2. The Morgan fingerprint density at radius 1 is 0.917 bits per heavy atom. The lowest BCUT2D eigenvalue weighted by Gasteiger charge is -2.03. The second-order valence-electron chi connectivity index (χ2n) is 5.37. The third kappa shape index (κ3) is 7.67. The van der Waals surface area contributed by atoms with Crippen LogP contribution >= 0.6 is 0 Å². The topological polar surface area (TPSA) is 82.9 Å². The number of amides is 2. The molecule has 2 N–H and O–H groups in total. The zero-order valence-corrected chi connectivity index (χ0v) is 14.4. The molecule has 0 fully saturated rings. The van der Waals surface area contributed by atoms with Gasteiger partial charge in [-0.25, -0.2) is 10.9 Å². The SMILES string of the molecule is CCCC/C=N\NC(=O)c1cccc(C(=O)N/N=C\CCCC)c1. The zero-order valence-electron chi connectivity index (χ0n) is 14.4. The predicted molar refractivity (Wildman–Crippen MR) is 97.4 cm³/mol. The van der Waals surface area contributed by atoms with E-state index in [0.29, 0.717) is 11.1 Å². The van der Waals surface area contributed by atoms with Crippen LogP contribution in [-0.4, -0.2) is 24.2 Å². The first kappa shape index (κ1) is 19.5. The van der Waals surface area contributed by atoms with Gasteiger partial charge < -0.3 is 0 Å². The Labute approximate surface area is 143 Å². The molecule has 2 amide bonds. The first-order valence-corrected chi connectivity index (χ1v) is 8.42. The molecule has 0 radical (unpaired) electrons. The van der Waals surface area contributed by atoms with Crippen molar-refractivity contribution in [3.8, 4) is 0 Å². The molecule has 6 heteroatoms. The molecule has 0 saturated heterocycles. The summed E-state index contributed by atoms with van der Waals surface area (Å²) in [6.07, 6.45) is 9.26. The zero-order chi connectivity index (χ0) is 17.6. The number of carbonyl (C=O) groups is 2. The van der Waals surface area contributed by atoms with Gasteiger partial charge in [-0.05, 0) is 43.9 Å². The lowest BCUT2D eigenvalue weighted by molar-refractivity contribution is 0.0954. The maximum atomic E-state index is 12.0. The Balaban J connectivity index is 2.55. The molecular formula is C18H26N4O2. The quantitative estimate of drug-likeness (QED) is 0.391. The van der Waals surface area contributed by atoms with Crippen LogP contribution in [0, 0.1) is 0 Å². The highest BCUT2D eigenvalue weighted by Crippen LogP contribution is 2.05. The first-order valence-electron chi connectivity index (χ1n) is 8.42. The summed E-state index contributed by atoms with van der Waals surface area (Å²) >= 11 is 0. The van der Waals surface area contributed by atoms with Crippen molar-refractivity contribution in [1.29, 1.82) is 0 Å². The number of hydrogen-bond acceptors (Lipinski definition) is 4. The normalized spacial score (nSPS) is 11.1. The monoisotopic (exact) mass is 330 g/mol. The number of unbranched alkanes of at least 4 members (excludes halogenated alkanes) is 4. The van der Waals surface area contributed by atoms with Gasteiger partial charge in [0, 0.05) is 23.6 Å². The molecule has 0 aromatic heterocycles. The van der Waals surface area contributed by atoms with E-state index < -0.39 is 0 Å². The van der Waals surface area contributed by atoms with Gasteiger partial charge in [-0.3, -0.25) is 9.59 Å². The summed E-state index contributed by atoms with van der Waals surface area (Å²) in [7, 11) is 0.